The van der Waals surface area contributed by atoms with Gasteiger partial charge in [0, 0.05) is 23.8 Å². The van der Waals surface area contributed by atoms with Crippen LogP contribution >= 0.6 is 15.9 Å². The quantitative estimate of drug-likeness (QED) is 0.740. The summed E-state index contributed by atoms with van der Waals surface area (Å²) in [7, 11) is 0. The second-order valence-corrected chi connectivity index (χ2v) is 4.90. The Labute approximate surface area is 129 Å². The number of halogens is 3. The third-order valence-corrected chi connectivity index (χ3v) is 3.20. The van der Waals surface area contributed by atoms with Gasteiger partial charge in [0.05, 0.1) is 6.20 Å². The summed E-state index contributed by atoms with van der Waals surface area (Å²) in [5, 5.41) is 7.75. The van der Waals surface area contributed by atoms with Crippen molar-refractivity contribution in [1.29, 1.82) is 0 Å². The molecule has 114 valence electrons. The number of rotatable bonds is 6. The fourth-order valence-corrected chi connectivity index (χ4v) is 2.36. The van der Waals surface area contributed by atoms with E-state index in [0.717, 1.165) is 12.1 Å². The summed E-state index contributed by atoms with van der Waals surface area (Å²) >= 11 is 3.11. The van der Waals surface area contributed by atoms with Crippen LogP contribution in [0.25, 0.3) is 5.69 Å². The van der Waals surface area contributed by atoms with Crippen LogP contribution in [-0.4, -0.2) is 28.2 Å². The number of hydrogen-bond acceptors (Lipinski definition) is 4. The number of nitrogens with zero attached hydrogens (tertiary/aromatic N) is 3. The monoisotopic (exact) mass is 361 g/mol. The Morgan fingerprint density at radius 1 is 1.24 bits per heavy atom. The smallest absolute Gasteiger partial charge is 0.204 e. The first kappa shape index (κ1) is 16.0. The highest BCUT2D eigenvalue weighted by Crippen LogP contribution is 2.26. The maximum atomic E-state index is 13.9. The lowest BCUT2D eigenvalue weighted by Gasteiger charge is -2.13. The number of ether oxygens (including phenoxy) is 2. The molecular formula is C13H14BrF2N3O2. The number of aromatic nitrogens is 3. The highest BCUT2D eigenvalue weighted by Gasteiger charge is 2.19. The molecule has 0 atom stereocenters. The van der Waals surface area contributed by atoms with Crippen LogP contribution in [0.5, 0.6) is 0 Å². The first-order chi connectivity index (χ1) is 10.1. The van der Waals surface area contributed by atoms with Crippen molar-refractivity contribution in [1.82, 2.24) is 15.0 Å². The fourth-order valence-electron chi connectivity index (χ4n) is 1.77. The van der Waals surface area contributed by atoms with E-state index in [1.54, 1.807) is 0 Å². The minimum absolute atomic E-state index is 0.0712. The van der Waals surface area contributed by atoms with Crippen molar-refractivity contribution in [3.63, 3.8) is 0 Å². The molecule has 0 fully saturated rings. The predicted molar refractivity (Wildman–Crippen MR) is 75.0 cm³/mol. The van der Waals surface area contributed by atoms with Gasteiger partial charge in [-0.1, -0.05) is 5.21 Å². The van der Waals surface area contributed by atoms with E-state index in [1.807, 2.05) is 13.8 Å². The van der Waals surface area contributed by atoms with Gasteiger partial charge in [-0.05, 0) is 35.8 Å². The van der Waals surface area contributed by atoms with Crippen LogP contribution in [0.15, 0.2) is 22.8 Å². The Kier molecular flexibility index (Phi) is 5.38. The molecule has 0 spiro atoms. The molecule has 2 rings (SSSR count). The summed E-state index contributed by atoms with van der Waals surface area (Å²) in [5.74, 6) is -1.42. The lowest BCUT2D eigenvalue weighted by molar-refractivity contribution is -0.142. The van der Waals surface area contributed by atoms with Gasteiger partial charge in [-0.15, -0.1) is 5.10 Å². The molecule has 0 aliphatic rings. The molecule has 0 aliphatic carbocycles. The maximum Gasteiger partial charge on any atom is 0.204 e. The fraction of sp³-hybridized carbons (Fsp3) is 0.385. The molecule has 8 heteroatoms. The van der Waals surface area contributed by atoms with Gasteiger partial charge in [0.2, 0.25) is 6.29 Å². The van der Waals surface area contributed by atoms with Crippen LogP contribution in [0.4, 0.5) is 8.78 Å². The Balaban J connectivity index is 2.35. The average Bonchev–Trinajstić information content (AvgIpc) is 2.86. The van der Waals surface area contributed by atoms with E-state index >= 15 is 0 Å². The average molecular weight is 362 g/mol. The van der Waals surface area contributed by atoms with E-state index in [2.05, 4.69) is 26.2 Å². The highest BCUT2D eigenvalue weighted by atomic mass is 79.9. The molecule has 0 unspecified atom stereocenters. The van der Waals surface area contributed by atoms with Crippen molar-refractivity contribution >= 4 is 15.9 Å². The van der Waals surface area contributed by atoms with Gasteiger partial charge in [0.1, 0.15) is 17.2 Å². The summed E-state index contributed by atoms with van der Waals surface area (Å²) in [5.41, 5.74) is 0.483. The summed E-state index contributed by atoms with van der Waals surface area (Å²) in [6.07, 6.45) is 0.813. The molecule has 5 nitrogen and oxygen atoms in total. The van der Waals surface area contributed by atoms with Crippen LogP contribution in [0.1, 0.15) is 25.8 Å². The summed E-state index contributed by atoms with van der Waals surface area (Å²) in [6, 6.07) is 1.94. The minimum Gasteiger partial charge on any atom is -0.347 e. The van der Waals surface area contributed by atoms with Crippen molar-refractivity contribution in [3.8, 4) is 5.69 Å². The van der Waals surface area contributed by atoms with Gasteiger partial charge in [-0.25, -0.2) is 13.5 Å². The van der Waals surface area contributed by atoms with E-state index in [0.29, 0.717) is 18.9 Å². The summed E-state index contributed by atoms with van der Waals surface area (Å²) in [4.78, 5) is 0. The van der Waals surface area contributed by atoms with Crippen LogP contribution in [-0.2, 0) is 9.47 Å². The molecule has 0 saturated carbocycles. The van der Waals surface area contributed by atoms with Crippen LogP contribution < -0.4 is 0 Å². The Morgan fingerprint density at radius 3 is 2.48 bits per heavy atom. The number of benzene rings is 1. The van der Waals surface area contributed by atoms with Crippen molar-refractivity contribution in [2.75, 3.05) is 13.2 Å². The molecule has 1 heterocycles. The second kappa shape index (κ2) is 7.06. The zero-order valence-corrected chi connectivity index (χ0v) is 13.1. The standard InChI is InChI=1S/C13H14BrF2N3O2/c1-3-20-13(21-4-2)11-7-19(18-17-11)12-9(14)5-8(15)6-10(12)16/h5-7,13H,3-4H2,1-2H3. The number of hydrogen-bond donors (Lipinski definition) is 0. The largest absolute Gasteiger partial charge is 0.347 e. The summed E-state index contributed by atoms with van der Waals surface area (Å²) in [6.45, 7) is 4.53. The van der Waals surface area contributed by atoms with Gasteiger partial charge in [0.25, 0.3) is 0 Å². The molecule has 0 amide bonds. The van der Waals surface area contributed by atoms with Crippen molar-refractivity contribution in [2.45, 2.75) is 20.1 Å². The van der Waals surface area contributed by atoms with Gasteiger partial charge < -0.3 is 9.47 Å². The third kappa shape index (κ3) is 3.63. The molecule has 21 heavy (non-hydrogen) atoms. The predicted octanol–water partition coefficient (Wildman–Crippen LogP) is 3.38. The summed E-state index contributed by atoms with van der Waals surface area (Å²) < 4.78 is 39.2. The van der Waals surface area contributed by atoms with Crippen LogP contribution in [0.3, 0.4) is 0 Å². The molecule has 0 N–H and O–H groups in total. The Morgan fingerprint density at radius 2 is 1.90 bits per heavy atom. The SMILES string of the molecule is CCOC(OCC)c1cn(-c2c(F)cc(F)cc2Br)nn1. The molecular weight excluding hydrogens is 348 g/mol. The van der Waals surface area contributed by atoms with Crippen molar-refractivity contribution < 1.29 is 18.3 Å². The lowest BCUT2D eigenvalue weighted by atomic mass is 10.3. The minimum atomic E-state index is -0.748. The van der Waals surface area contributed by atoms with E-state index in [1.165, 1.54) is 10.9 Å². The highest BCUT2D eigenvalue weighted by molar-refractivity contribution is 9.10. The molecule has 1 aromatic heterocycles. The molecule has 0 aliphatic heterocycles. The molecule has 0 radical (unpaired) electrons. The first-order valence-electron chi connectivity index (χ1n) is 6.37. The van der Waals surface area contributed by atoms with Gasteiger partial charge in [-0.2, -0.15) is 0 Å². The first-order valence-corrected chi connectivity index (χ1v) is 7.16. The van der Waals surface area contributed by atoms with E-state index < -0.39 is 17.9 Å². The maximum absolute atomic E-state index is 13.9. The molecule has 2 aromatic rings. The normalized spacial score (nSPS) is 11.3. The zero-order chi connectivity index (χ0) is 15.4. The Bertz CT molecular complexity index is 592. The van der Waals surface area contributed by atoms with Crippen molar-refractivity contribution in [2.24, 2.45) is 0 Å². The molecule has 0 bridgehead atoms. The van der Waals surface area contributed by atoms with Crippen LogP contribution in [0, 0.1) is 11.6 Å². The Hall–Kier alpha value is -1.38. The third-order valence-electron chi connectivity index (χ3n) is 2.60. The zero-order valence-electron chi connectivity index (χ0n) is 11.5. The van der Waals surface area contributed by atoms with Gasteiger partial charge >= 0.3 is 0 Å². The van der Waals surface area contributed by atoms with E-state index in [9.17, 15) is 8.78 Å². The topological polar surface area (TPSA) is 49.2 Å². The van der Waals surface area contributed by atoms with E-state index in [4.69, 9.17) is 9.47 Å². The molecule has 1 aromatic carbocycles. The van der Waals surface area contributed by atoms with Crippen LogP contribution in [0.2, 0.25) is 0 Å². The lowest BCUT2D eigenvalue weighted by Crippen LogP contribution is -2.09. The van der Waals surface area contributed by atoms with Gasteiger partial charge in [-0.3, -0.25) is 0 Å². The molecule has 0 saturated heterocycles. The van der Waals surface area contributed by atoms with Gasteiger partial charge in [0.15, 0.2) is 5.82 Å². The van der Waals surface area contributed by atoms with E-state index in [-0.39, 0.29) is 10.2 Å². The van der Waals surface area contributed by atoms with Crippen molar-refractivity contribution in [3.05, 3.63) is 40.1 Å². The second-order valence-electron chi connectivity index (χ2n) is 4.05.